The van der Waals surface area contributed by atoms with Crippen LogP contribution in [0.4, 0.5) is 0 Å². The van der Waals surface area contributed by atoms with Crippen LogP contribution in [0.2, 0.25) is 0 Å². The van der Waals surface area contributed by atoms with E-state index in [1.165, 1.54) is 0 Å². The second kappa shape index (κ2) is 13.8. The highest BCUT2D eigenvalue weighted by molar-refractivity contribution is 6.21. The van der Waals surface area contributed by atoms with Crippen molar-refractivity contribution in [2.45, 2.75) is 0 Å². The van der Waals surface area contributed by atoms with E-state index in [0.717, 1.165) is 77.6 Å². The Bertz CT molecular complexity index is 2870. The monoisotopic (exact) mass is 703 g/mol. The smallest absolute Gasteiger partial charge is 0.164 e. The number of fused-ring (bicyclic) bond motifs is 3. The Kier molecular flexibility index (Phi) is 8.08. The predicted octanol–water partition coefficient (Wildman–Crippen LogP) is 12.4. The normalized spacial score (nSPS) is 11.3. The molecule has 258 valence electrons. The van der Waals surface area contributed by atoms with Crippen molar-refractivity contribution in [1.82, 2.24) is 24.7 Å². The molecule has 0 N–H and O–H groups in total. The first kappa shape index (κ1) is 32.2. The molecule has 8 aromatic carbocycles. The molecule has 0 saturated carbocycles. The van der Waals surface area contributed by atoms with E-state index in [0.29, 0.717) is 17.5 Å². The highest BCUT2D eigenvalue weighted by Crippen LogP contribution is 2.44. The van der Waals surface area contributed by atoms with Gasteiger partial charge in [-0.15, -0.1) is 0 Å². The van der Waals surface area contributed by atoms with Gasteiger partial charge in [-0.25, -0.2) is 19.6 Å². The van der Waals surface area contributed by atoms with Crippen molar-refractivity contribution in [3.05, 3.63) is 200 Å². The molecule has 2 aromatic heterocycles. The van der Waals surface area contributed by atoms with Crippen LogP contribution >= 0.6 is 0 Å². The molecule has 0 spiro atoms. The van der Waals surface area contributed by atoms with Gasteiger partial charge < -0.3 is 0 Å². The minimum absolute atomic E-state index is 0.627. The molecule has 2 heterocycles. The Morgan fingerprint density at radius 3 is 1.31 bits per heavy atom. The third-order valence-corrected chi connectivity index (χ3v) is 10.1. The minimum atomic E-state index is 0.627. The molecule has 5 nitrogen and oxygen atoms in total. The highest BCUT2D eigenvalue weighted by Gasteiger charge is 2.23. The number of aromatic nitrogens is 5. The second-order valence-electron chi connectivity index (χ2n) is 13.5. The summed E-state index contributed by atoms with van der Waals surface area (Å²) >= 11 is 0. The molecule has 0 fully saturated rings. The Balaban J connectivity index is 1.19. The molecule has 0 bridgehead atoms. The van der Waals surface area contributed by atoms with Crippen molar-refractivity contribution in [3.63, 3.8) is 0 Å². The summed E-state index contributed by atoms with van der Waals surface area (Å²) < 4.78 is 2.13. The van der Waals surface area contributed by atoms with Gasteiger partial charge in [-0.1, -0.05) is 182 Å². The van der Waals surface area contributed by atoms with Crippen LogP contribution in [0.5, 0.6) is 0 Å². The zero-order valence-electron chi connectivity index (χ0n) is 29.8. The average Bonchev–Trinajstić information content (AvgIpc) is 3.68. The molecule has 0 aliphatic heterocycles. The third kappa shape index (κ3) is 5.94. The summed E-state index contributed by atoms with van der Waals surface area (Å²) in [5.41, 5.74) is 11.4. The summed E-state index contributed by atoms with van der Waals surface area (Å²) in [5, 5.41) is 8.81. The highest BCUT2D eigenvalue weighted by atomic mass is 15.3. The molecule has 0 aliphatic carbocycles. The van der Waals surface area contributed by atoms with E-state index in [1.54, 1.807) is 0 Å². The molecule has 0 atom stereocenters. The van der Waals surface area contributed by atoms with E-state index in [9.17, 15) is 0 Å². The molecular weight excluding hydrogens is 671 g/mol. The number of para-hydroxylation sites is 1. The Morgan fingerprint density at radius 1 is 0.327 bits per heavy atom. The van der Waals surface area contributed by atoms with Gasteiger partial charge in [0.1, 0.15) is 5.69 Å². The molecular formula is C50H33N5. The molecule has 0 radical (unpaired) electrons. The number of hydrogen-bond donors (Lipinski definition) is 0. The number of nitrogens with zero attached hydrogens (tertiary/aromatic N) is 5. The van der Waals surface area contributed by atoms with Gasteiger partial charge in [-0.2, -0.15) is 5.10 Å². The first-order chi connectivity index (χ1) is 27.3. The van der Waals surface area contributed by atoms with Gasteiger partial charge in [-0.3, -0.25) is 0 Å². The van der Waals surface area contributed by atoms with Crippen molar-refractivity contribution in [2.75, 3.05) is 0 Å². The Morgan fingerprint density at radius 2 is 0.764 bits per heavy atom. The molecule has 10 rings (SSSR count). The molecule has 10 aromatic rings. The lowest BCUT2D eigenvalue weighted by Crippen LogP contribution is -2.00. The fourth-order valence-corrected chi connectivity index (χ4v) is 7.46. The van der Waals surface area contributed by atoms with Gasteiger partial charge >= 0.3 is 0 Å². The summed E-state index contributed by atoms with van der Waals surface area (Å²) in [7, 11) is 0. The fraction of sp³-hybridized carbons (Fsp3) is 0. The van der Waals surface area contributed by atoms with E-state index in [1.807, 2.05) is 66.7 Å². The molecule has 0 aliphatic rings. The average molecular weight is 704 g/mol. The molecule has 55 heavy (non-hydrogen) atoms. The van der Waals surface area contributed by atoms with Gasteiger partial charge in [0, 0.05) is 33.0 Å². The van der Waals surface area contributed by atoms with Crippen LogP contribution in [-0.4, -0.2) is 24.7 Å². The van der Waals surface area contributed by atoms with Crippen LogP contribution < -0.4 is 0 Å². The van der Waals surface area contributed by atoms with Gasteiger partial charge in [0.05, 0.1) is 11.2 Å². The fourth-order valence-electron chi connectivity index (χ4n) is 7.46. The maximum atomic E-state index is 5.42. The zero-order chi connectivity index (χ0) is 36.6. The molecule has 5 heteroatoms. The Hall–Kier alpha value is -7.50. The van der Waals surface area contributed by atoms with Crippen LogP contribution in [0.25, 0.3) is 95.0 Å². The van der Waals surface area contributed by atoms with Crippen LogP contribution in [-0.2, 0) is 0 Å². The van der Waals surface area contributed by atoms with Gasteiger partial charge in [0.2, 0.25) is 0 Å². The van der Waals surface area contributed by atoms with Gasteiger partial charge in [0.15, 0.2) is 17.5 Å². The summed E-state index contributed by atoms with van der Waals surface area (Å²) in [6.07, 6.45) is 0. The van der Waals surface area contributed by atoms with Crippen molar-refractivity contribution < 1.29 is 0 Å². The third-order valence-electron chi connectivity index (χ3n) is 10.1. The van der Waals surface area contributed by atoms with Crippen molar-refractivity contribution in [3.8, 4) is 73.4 Å². The predicted molar refractivity (Wildman–Crippen MR) is 225 cm³/mol. The first-order valence-corrected chi connectivity index (χ1v) is 18.4. The van der Waals surface area contributed by atoms with Gasteiger partial charge in [0.25, 0.3) is 0 Å². The Labute approximate surface area is 318 Å². The van der Waals surface area contributed by atoms with Crippen molar-refractivity contribution in [2.24, 2.45) is 0 Å². The largest absolute Gasteiger partial charge is 0.232 e. The molecule has 0 amide bonds. The maximum absolute atomic E-state index is 5.42. The summed E-state index contributed by atoms with van der Waals surface area (Å²) in [5.74, 6) is 1.91. The van der Waals surface area contributed by atoms with Crippen LogP contribution in [0.1, 0.15) is 0 Å². The summed E-state index contributed by atoms with van der Waals surface area (Å²) in [6.45, 7) is 0. The second-order valence-corrected chi connectivity index (χ2v) is 13.5. The SMILES string of the molecule is c1ccc(-c2nc(-c3ccccc3)nc(-c3ccc(-c4cccc5cc(-c6ccccc6)c6c(-c7ccccc7)nn(-c7ccccc7)c6c45)cc3)n2)cc1. The lowest BCUT2D eigenvalue weighted by Gasteiger charge is -2.15. The van der Waals surface area contributed by atoms with Crippen LogP contribution in [0.15, 0.2) is 200 Å². The van der Waals surface area contributed by atoms with Crippen molar-refractivity contribution in [1.29, 1.82) is 0 Å². The lowest BCUT2D eigenvalue weighted by molar-refractivity contribution is 0.918. The molecule has 0 unspecified atom stereocenters. The van der Waals surface area contributed by atoms with E-state index in [4.69, 9.17) is 20.1 Å². The lowest BCUT2D eigenvalue weighted by atomic mass is 9.90. The minimum Gasteiger partial charge on any atom is -0.232 e. The van der Waals surface area contributed by atoms with Gasteiger partial charge in [-0.05, 0) is 45.8 Å². The van der Waals surface area contributed by atoms with Crippen molar-refractivity contribution >= 4 is 21.7 Å². The quantitative estimate of drug-likeness (QED) is 0.166. The zero-order valence-corrected chi connectivity index (χ0v) is 29.8. The van der Waals surface area contributed by atoms with Crippen LogP contribution in [0.3, 0.4) is 0 Å². The number of benzene rings is 8. The summed E-state index contributed by atoms with van der Waals surface area (Å²) in [6, 6.07) is 69.2. The standard InChI is InChI=1S/C50H33N5/c1-6-17-34(18-7-1)43-33-40-25-16-28-42(44(40)47-45(43)46(36-19-8-2-9-20-36)54-55(47)41-26-14-5-15-27-41)35-29-31-39(32-30-35)50-52-48(37-21-10-3-11-22-37)51-49(53-50)38-23-12-4-13-24-38/h1-33H. The number of rotatable bonds is 7. The van der Waals surface area contributed by atoms with E-state index >= 15 is 0 Å². The first-order valence-electron chi connectivity index (χ1n) is 18.4. The molecule has 0 saturated heterocycles. The number of hydrogen-bond acceptors (Lipinski definition) is 4. The summed E-state index contributed by atoms with van der Waals surface area (Å²) in [4.78, 5) is 14.8. The van der Waals surface area contributed by atoms with E-state index in [-0.39, 0.29) is 0 Å². The maximum Gasteiger partial charge on any atom is 0.164 e. The van der Waals surface area contributed by atoms with Crippen LogP contribution in [0, 0.1) is 0 Å². The topological polar surface area (TPSA) is 56.5 Å². The van der Waals surface area contributed by atoms with E-state index < -0.39 is 0 Å². The van der Waals surface area contributed by atoms with E-state index in [2.05, 4.69) is 138 Å².